The highest BCUT2D eigenvalue weighted by atomic mass is 35.5. The summed E-state index contributed by atoms with van der Waals surface area (Å²) in [5.74, 6) is -0.114. The van der Waals surface area contributed by atoms with E-state index in [1.54, 1.807) is 18.3 Å². The fraction of sp³-hybridized carbons (Fsp3) is 0.0417. The lowest BCUT2D eigenvalue weighted by molar-refractivity contribution is 0.104. The summed E-state index contributed by atoms with van der Waals surface area (Å²) in [5, 5.41) is 1.47. The van der Waals surface area contributed by atoms with Crippen LogP contribution in [0.1, 0.15) is 21.7 Å². The summed E-state index contributed by atoms with van der Waals surface area (Å²) in [4.78, 5) is 22.1. The van der Waals surface area contributed by atoms with Gasteiger partial charge < -0.3 is 0 Å². The van der Waals surface area contributed by atoms with Crippen LogP contribution in [0.5, 0.6) is 0 Å². The van der Waals surface area contributed by atoms with Crippen molar-refractivity contribution in [3.05, 3.63) is 101 Å². The predicted molar refractivity (Wildman–Crippen MR) is 115 cm³/mol. The first-order chi connectivity index (χ1) is 13.6. The quantitative estimate of drug-likeness (QED) is 0.313. The van der Waals surface area contributed by atoms with Crippen LogP contribution < -0.4 is 0 Å². The number of allylic oxidation sites excluding steroid dienone is 1. The van der Waals surface area contributed by atoms with Crippen LogP contribution in [-0.4, -0.2) is 15.8 Å². The van der Waals surface area contributed by atoms with Crippen LogP contribution in [0.3, 0.4) is 0 Å². The normalized spacial score (nSPS) is 11.2. The summed E-state index contributed by atoms with van der Waals surface area (Å²) >= 11 is 6.26. The van der Waals surface area contributed by atoms with Crippen molar-refractivity contribution in [2.75, 3.05) is 0 Å². The highest BCUT2D eigenvalue weighted by Gasteiger charge is 2.19. The van der Waals surface area contributed by atoms with Crippen LogP contribution in [0.2, 0.25) is 5.02 Å². The van der Waals surface area contributed by atoms with Gasteiger partial charge in [-0.25, -0.2) is 0 Å². The third-order valence-corrected chi connectivity index (χ3v) is 4.77. The number of hydrogen-bond donors (Lipinski definition) is 0. The zero-order valence-electron chi connectivity index (χ0n) is 15.3. The van der Waals surface area contributed by atoms with E-state index in [2.05, 4.69) is 9.97 Å². The van der Waals surface area contributed by atoms with Crippen LogP contribution in [0, 0.1) is 6.92 Å². The maximum atomic E-state index is 13.2. The fourth-order valence-electron chi connectivity index (χ4n) is 3.28. The van der Waals surface area contributed by atoms with E-state index in [4.69, 9.17) is 11.6 Å². The highest BCUT2D eigenvalue weighted by Crippen LogP contribution is 2.34. The predicted octanol–water partition coefficient (Wildman–Crippen LogP) is 6.15. The molecule has 2 aromatic heterocycles. The van der Waals surface area contributed by atoms with E-state index in [-0.39, 0.29) is 5.78 Å². The number of ketones is 1. The Morgan fingerprint density at radius 2 is 1.79 bits per heavy atom. The Morgan fingerprint density at radius 3 is 2.54 bits per heavy atom. The molecule has 28 heavy (non-hydrogen) atoms. The van der Waals surface area contributed by atoms with Gasteiger partial charge in [-0.15, -0.1) is 0 Å². The Bertz CT molecular complexity index is 1190. The summed E-state index contributed by atoms with van der Waals surface area (Å²) in [6, 6.07) is 21.0. The number of halogens is 1. The minimum Gasteiger partial charge on any atom is -0.289 e. The summed E-state index contributed by atoms with van der Waals surface area (Å²) in [5.41, 5.74) is 4.60. The number of nitrogens with zero attached hydrogens (tertiary/aromatic N) is 2. The van der Waals surface area contributed by atoms with Gasteiger partial charge >= 0.3 is 0 Å². The average molecular weight is 385 g/mol. The van der Waals surface area contributed by atoms with Crippen molar-refractivity contribution >= 4 is 34.4 Å². The van der Waals surface area contributed by atoms with E-state index < -0.39 is 0 Å². The molecule has 0 unspecified atom stereocenters. The van der Waals surface area contributed by atoms with Crippen LogP contribution in [0.15, 0.2) is 79.0 Å². The molecule has 0 saturated carbocycles. The molecule has 0 atom stereocenters. The molecule has 0 amide bonds. The SMILES string of the molecule is Cc1nc2ccc(Cl)cc2c(-c2ccccc2)c1C(=O)C=Cc1ccccn1. The van der Waals surface area contributed by atoms with E-state index >= 15 is 0 Å². The second kappa shape index (κ2) is 7.75. The lowest BCUT2D eigenvalue weighted by Crippen LogP contribution is -2.05. The number of aromatic nitrogens is 2. The van der Waals surface area contributed by atoms with Gasteiger partial charge in [-0.2, -0.15) is 0 Å². The molecule has 0 saturated heterocycles. The molecule has 0 aliphatic rings. The Kier molecular flexibility index (Phi) is 5.00. The highest BCUT2D eigenvalue weighted by molar-refractivity contribution is 6.31. The zero-order valence-corrected chi connectivity index (χ0v) is 16.0. The van der Waals surface area contributed by atoms with Crippen molar-refractivity contribution in [1.29, 1.82) is 0 Å². The Balaban J connectivity index is 1.93. The van der Waals surface area contributed by atoms with Crippen molar-refractivity contribution in [3.8, 4) is 11.1 Å². The number of pyridine rings is 2. The van der Waals surface area contributed by atoms with Crippen molar-refractivity contribution in [2.45, 2.75) is 6.92 Å². The second-order valence-corrected chi connectivity index (χ2v) is 6.86. The molecule has 4 heteroatoms. The van der Waals surface area contributed by atoms with E-state index in [9.17, 15) is 4.79 Å². The molecule has 2 heterocycles. The third-order valence-electron chi connectivity index (χ3n) is 4.53. The monoisotopic (exact) mass is 384 g/mol. The molecule has 4 aromatic rings. The van der Waals surface area contributed by atoms with Crippen molar-refractivity contribution in [1.82, 2.24) is 9.97 Å². The lowest BCUT2D eigenvalue weighted by Gasteiger charge is -2.14. The molecule has 0 bridgehead atoms. The molecule has 136 valence electrons. The van der Waals surface area contributed by atoms with Crippen LogP contribution in [0.4, 0.5) is 0 Å². The van der Waals surface area contributed by atoms with Gasteiger partial charge in [-0.05, 0) is 55.0 Å². The number of benzene rings is 2. The molecule has 4 rings (SSSR count). The van der Waals surface area contributed by atoms with Gasteiger partial charge in [0.15, 0.2) is 5.78 Å². The molecule has 0 spiro atoms. The first-order valence-corrected chi connectivity index (χ1v) is 9.30. The van der Waals surface area contributed by atoms with E-state index in [1.807, 2.05) is 73.7 Å². The average Bonchev–Trinajstić information content (AvgIpc) is 2.73. The maximum absolute atomic E-state index is 13.2. The smallest absolute Gasteiger partial charge is 0.188 e. The number of aryl methyl sites for hydroxylation is 1. The fourth-order valence-corrected chi connectivity index (χ4v) is 3.46. The molecule has 3 nitrogen and oxygen atoms in total. The lowest BCUT2D eigenvalue weighted by atomic mass is 9.92. The van der Waals surface area contributed by atoms with Gasteiger partial charge in [0.2, 0.25) is 0 Å². The second-order valence-electron chi connectivity index (χ2n) is 6.43. The van der Waals surface area contributed by atoms with E-state index in [0.717, 1.165) is 27.7 Å². The zero-order chi connectivity index (χ0) is 19.5. The molecule has 2 aromatic carbocycles. The van der Waals surface area contributed by atoms with Crippen LogP contribution in [0.25, 0.3) is 28.1 Å². The Morgan fingerprint density at radius 1 is 1.00 bits per heavy atom. The topological polar surface area (TPSA) is 42.9 Å². The summed E-state index contributed by atoms with van der Waals surface area (Å²) < 4.78 is 0. The van der Waals surface area contributed by atoms with E-state index in [1.165, 1.54) is 0 Å². The molecule has 0 aliphatic heterocycles. The van der Waals surface area contributed by atoms with Gasteiger partial charge in [0.1, 0.15) is 0 Å². The molecular weight excluding hydrogens is 368 g/mol. The summed E-state index contributed by atoms with van der Waals surface area (Å²) in [6.45, 7) is 1.86. The van der Waals surface area contributed by atoms with Gasteiger partial charge in [0.25, 0.3) is 0 Å². The van der Waals surface area contributed by atoms with Gasteiger partial charge in [-0.3, -0.25) is 14.8 Å². The Labute approximate surface area is 168 Å². The number of rotatable bonds is 4. The van der Waals surface area contributed by atoms with E-state index in [0.29, 0.717) is 16.3 Å². The molecular formula is C24H17ClN2O. The van der Waals surface area contributed by atoms with Gasteiger partial charge in [-0.1, -0.05) is 48.0 Å². The Hall–Kier alpha value is -3.30. The number of hydrogen-bond acceptors (Lipinski definition) is 3. The molecule has 0 aliphatic carbocycles. The standard InChI is InChI=1S/C24H17ClN2O/c1-16-23(22(28)13-11-19-9-5-6-14-26-19)24(17-7-3-2-4-8-17)20-15-18(25)10-12-21(20)27-16/h2-15H,1H3. The molecule has 0 radical (unpaired) electrons. The van der Waals surface area contributed by atoms with Crippen molar-refractivity contribution < 1.29 is 4.79 Å². The van der Waals surface area contributed by atoms with Crippen LogP contribution >= 0.6 is 11.6 Å². The van der Waals surface area contributed by atoms with Crippen molar-refractivity contribution in [2.24, 2.45) is 0 Å². The number of carbonyl (C=O) groups is 1. The minimum atomic E-state index is -0.114. The van der Waals surface area contributed by atoms with Crippen LogP contribution in [-0.2, 0) is 0 Å². The number of fused-ring (bicyclic) bond motifs is 1. The van der Waals surface area contributed by atoms with Gasteiger partial charge in [0, 0.05) is 27.9 Å². The first kappa shape index (κ1) is 18.1. The van der Waals surface area contributed by atoms with Crippen molar-refractivity contribution in [3.63, 3.8) is 0 Å². The summed E-state index contributed by atoms with van der Waals surface area (Å²) in [6.07, 6.45) is 4.97. The largest absolute Gasteiger partial charge is 0.289 e. The molecule has 0 fully saturated rings. The first-order valence-electron chi connectivity index (χ1n) is 8.92. The summed E-state index contributed by atoms with van der Waals surface area (Å²) in [7, 11) is 0. The number of carbonyl (C=O) groups excluding carboxylic acids is 1. The maximum Gasteiger partial charge on any atom is 0.188 e. The molecule has 0 N–H and O–H groups in total. The third kappa shape index (κ3) is 3.57. The minimum absolute atomic E-state index is 0.114. The van der Waals surface area contributed by atoms with Gasteiger partial charge in [0.05, 0.1) is 16.8 Å².